The normalized spacial score (nSPS) is 18.3. The first kappa shape index (κ1) is 13.0. The van der Waals surface area contributed by atoms with Gasteiger partial charge in [-0.2, -0.15) is 0 Å². The van der Waals surface area contributed by atoms with Crippen molar-refractivity contribution in [1.29, 1.82) is 0 Å². The number of hydrogen-bond acceptors (Lipinski definition) is 1. The minimum absolute atomic E-state index is 0.416. The van der Waals surface area contributed by atoms with E-state index in [0.29, 0.717) is 11.3 Å². The van der Waals surface area contributed by atoms with Gasteiger partial charge in [0, 0.05) is 6.54 Å². The van der Waals surface area contributed by atoms with Gasteiger partial charge in [-0.25, -0.2) is 4.98 Å². The monoisotopic (exact) mass is 276 g/mol. The zero-order chi connectivity index (χ0) is 13.5. The smallest absolute Gasteiger partial charge is 0.124 e. The van der Waals surface area contributed by atoms with E-state index in [-0.39, 0.29) is 0 Å². The summed E-state index contributed by atoms with van der Waals surface area (Å²) in [4.78, 5) is 4.70. The van der Waals surface area contributed by atoms with Crippen LogP contribution in [0.5, 0.6) is 0 Å². The van der Waals surface area contributed by atoms with E-state index < -0.39 is 0 Å². The van der Waals surface area contributed by atoms with Crippen molar-refractivity contribution < 1.29 is 0 Å². The van der Waals surface area contributed by atoms with Crippen LogP contribution in [0.4, 0.5) is 0 Å². The maximum Gasteiger partial charge on any atom is 0.124 e. The molecule has 0 atom stereocenters. The predicted octanol–water partition coefficient (Wildman–Crippen LogP) is 4.66. The second-order valence-corrected chi connectivity index (χ2v) is 6.53. The number of alkyl halides is 1. The molecule has 102 valence electrons. The average Bonchev–Trinajstić information content (AvgIpc) is 2.94. The van der Waals surface area contributed by atoms with Crippen molar-refractivity contribution in [3.05, 3.63) is 29.6 Å². The Morgan fingerprint density at radius 1 is 1.32 bits per heavy atom. The lowest BCUT2D eigenvalue weighted by Gasteiger charge is -2.25. The van der Waals surface area contributed by atoms with Crippen molar-refractivity contribution >= 4 is 22.6 Å². The molecule has 3 rings (SSSR count). The third kappa shape index (κ3) is 2.38. The van der Waals surface area contributed by atoms with Crippen LogP contribution in [0, 0.1) is 12.3 Å². The zero-order valence-corrected chi connectivity index (χ0v) is 12.5. The van der Waals surface area contributed by atoms with Gasteiger partial charge in [0.15, 0.2) is 0 Å². The molecule has 2 nitrogen and oxygen atoms in total. The topological polar surface area (TPSA) is 17.8 Å². The summed E-state index contributed by atoms with van der Waals surface area (Å²) in [5.74, 6) is 1.50. The number of benzene rings is 1. The Bertz CT molecular complexity index is 594. The lowest BCUT2D eigenvalue weighted by molar-refractivity contribution is 0.282. The number of hydrogen-bond donors (Lipinski definition) is 0. The molecule has 0 spiro atoms. The van der Waals surface area contributed by atoms with E-state index in [1.807, 2.05) is 0 Å². The van der Waals surface area contributed by atoms with Gasteiger partial charge in [-0.15, -0.1) is 11.6 Å². The molecule has 3 heteroatoms. The van der Waals surface area contributed by atoms with E-state index in [1.165, 1.54) is 36.8 Å². The maximum absolute atomic E-state index is 6.09. The van der Waals surface area contributed by atoms with E-state index in [0.717, 1.165) is 17.9 Å². The van der Waals surface area contributed by atoms with Crippen LogP contribution in [-0.4, -0.2) is 9.55 Å². The van der Waals surface area contributed by atoms with Gasteiger partial charge in [0.1, 0.15) is 5.82 Å². The molecule has 1 aliphatic carbocycles. The van der Waals surface area contributed by atoms with E-state index in [1.54, 1.807) is 0 Å². The van der Waals surface area contributed by atoms with E-state index in [4.69, 9.17) is 16.6 Å². The zero-order valence-electron chi connectivity index (χ0n) is 11.7. The van der Waals surface area contributed by atoms with Crippen LogP contribution in [0.25, 0.3) is 11.0 Å². The molecule has 1 aromatic heterocycles. The number of aromatic nitrogens is 2. The van der Waals surface area contributed by atoms with Crippen molar-refractivity contribution in [2.45, 2.75) is 52.0 Å². The van der Waals surface area contributed by atoms with Gasteiger partial charge in [0.2, 0.25) is 0 Å². The van der Waals surface area contributed by atoms with Crippen LogP contribution in [-0.2, 0) is 12.4 Å². The molecule has 0 bridgehead atoms. The minimum atomic E-state index is 0.416. The van der Waals surface area contributed by atoms with Crippen molar-refractivity contribution in [1.82, 2.24) is 9.55 Å². The van der Waals surface area contributed by atoms with Gasteiger partial charge < -0.3 is 4.57 Å². The van der Waals surface area contributed by atoms with Crippen molar-refractivity contribution in [2.24, 2.45) is 5.41 Å². The molecular weight excluding hydrogens is 256 g/mol. The van der Waals surface area contributed by atoms with E-state index >= 15 is 0 Å². The molecule has 1 fully saturated rings. The fraction of sp³-hybridized carbons (Fsp3) is 0.562. The summed E-state index contributed by atoms with van der Waals surface area (Å²) in [5, 5.41) is 0. The van der Waals surface area contributed by atoms with Crippen LogP contribution >= 0.6 is 11.6 Å². The Balaban J connectivity index is 2.05. The predicted molar refractivity (Wildman–Crippen MR) is 80.6 cm³/mol. The number of fused-ring (bicyclic) bond motifs is 1. The molecule has 0 saturated heterocycles. The average molecular weight is 277 g/mol. The third-order valence-corrected chi connectivity index (χ3v) is 4.69. The molecule has 1 heterocycles. The second kappa shape index (κ2) is 4.82. The Kier molecular flexibility index (Phi) is 3.30. The third-order valence-electron chi connectivity index (χ3n) is 4.45. The van der Waals surface area contributed by atoms with Crippen LogP contribution < -0.4 is 0 Å². The lowest BCUT2D eigenvalue weighted by Crippen LogP contribution is -2.20. The summed E-state index contributed by atoms with van der Waals surface area (Å²) in [7, 11) is 0. The Labute approximate surface area is 119 Å². The lowest BCUT2D eigenvalue weighted by atomic mass is 9.88. The maximum atomic E-state index is 6.09. The molecule has 1 saturated carbocycles. The van der Waals surface area contributed by atoms with Gasteiger partial charge in [-0.3, -0.25) is 0 Å². The number of rotatable bonds is 3. The highest BCUT2D eigenvalue weighted by molar-refractivity contribution is 6.16. The highest BCUT2D eigenvalue weighted by Gasteiger charge is 2.30. The van der Waals surface area contributed by atoms with Crippen LogP contribution in [0.2, 0.25) is 0 Å². The van der Waals surface area contributed by atoms with Gasteiger partial charge in [0.25, 0.3) is 0 Å². The van der Waals surface area contributed by atoms with Gasteiger partial charge in [0.05, 0.1) is 16.9 Å². The Hall–Kier alpha value is -1.02. The standard InChI is InChI=1S/C16H21ClN2/c1-12-5-6-14-13(9-12)18-15(10-17)19(14)11-16(2)7-3-4-8-16/h5-6,9H,3-4,7-8,10-11H2,1-2H3. The summed E-state index contributed by atoms with van der Waals surface area (Å²) >= 11 is 6.09. The molecule has 0 radical (unpaired) electrons. The van der Waals surface area contributed by atoms with E-state index in [2.05, 4.69) is 36.6 Å². The van der Waals surface area contributed by atoms with Gasteiger partial charge in [-0.05, 0) is 42.9 Å². The molecule has 0 aliphatic heterocycles. The van der Waals surface area contributed by atoms with Gasteiger partial charge >= 0.3 is 0 Å². The van der Waals surface area contributed by atoms with Crippen LogP contribution in [0.1, 0.15) is 44.0 Å². The fourth-order valence-electron chi connectivity index (χ4n) is 3.34. The van der Waals surface area contributed by atoms with Crippen LogP contribution in [0.3, 0.4) is 0 Å². The first-order valence-electron chi connectivity index (χ1n) is 7.13. The molecular formula is C16H21ClN2. The number of imidazole rings is 1. The first-order chi connectivity index (χ1) is 9.11. The highest BCUT2D eigenvalue weighted by atomic mass is 35.5. The first-order valence-corrected chi connectivity index (χ1v) is 7.66. The number of aryl methyl sites for hydroxylation is 1. The van der Waals surface area contributed by atoms with Crippen molar-refractivity contribution in [2.75, 3.05) is 0 Å². The highest BCUT2D eigenvalue weighted by Crippen LogP contribution is 2.40. The Morgan fingerprint density at radius 3 is 2.74 bits per heavy atom. The molecule has 0 amide bonds. The molecule has 0 N–H and O–H groups in total. The van der Waals surface area contributed by atoms with Crippen molar-refractivity contribution in [3.63, 3.8) is 0 Å². The largest absolute Gasteiger partial charge is 0.326 e. The summed E-state index contributed by atoms with van der Waals surface area (Å²) in [6, 6.07) is 6.50. The summed E-state index contributed by atoms with van der Waals surface area (Å²) < 4.78 is 2.34. The van der Waals surface area contributed by atoms with Gasteiger partial charge in [-0.1, -0.05) is 25.8 Å². The summed E-state index contributed by atoms with van der Waals surface area (Å²) in [5.41, 5.74) is 3.98. The number of nitrogens with zero attached hydrogens (tertiary/aromatic N) is 2. The molecule has 0 unspecified atom stereocenters. The van der Waals surface area contributed by atoms with E-state index in [9.17, 15) is 0 Å². The molecule has 19 heavy (non-hydrogen) atoms. The summed E-state index contributed by atoms with van der Waals surface area (Å²) in [6.07, 6.45) is 5.36. The minimum Gasteiger partial charge on any atom is -0.326 e. The van der Waals surface area contributed by atoms with Crippen LogP contribution in [0.15, 0.2) is 18.2 Å². The SMILES string of the molecule is Cc1ccc2c(c1)nc(CCl)n2CC1(C)CCCC1. The molecule has 2 aromatic rings. The van der Waals surface area contributed by atoms with Crippen molar-refractivity contribution in [3.8, 4) is 0 Å². The quantitative estimate of drug-likeness (QED) is 0.745. The summed E-state index contributed by atoms with van der Waals surface area (Å²) in [6.45, 7) is 5.56. The fourth-order valence-corrected chi connectivity index (χ4v) is 3.54. The molecule has 1 aromatic carbocycles. The second-order valence-electron chi connectivity index (χ2n) is 6.26. The molecule has 1 aliphatic rings. The number of halogens is 1. The Morgan fingerprint density at radius 2 is 2.05 bits per heavy atom.